The van der Waals surface area contributed by atoms with Crippen LogP contribution in [-0.4, -0.2) is 33.8 Å². The van der Waals surface area contributed by atoms with E-state index in [9.17, 15) is 4.79 Å². The predicted molar refractivity (Wildman–Crippen MR) is 84.3 cm³/mol. The van der Waals surface area contributed by atoms with E-state index < -0.39 is 6.04 Å². The summed E-state index contributed by atoms with van der Waals surface area (Å²) in [6, 6.07) is 4.66. The van der Waals surface area contributed by atoms with Crippen molar-refractivity contribution in [3.8, 4) is 5.75 Å². The molecule has 1 atom stereocenters. The van der Waals surface area contributed by atoms with Gasteiger partial charge in [-0.15, -0.1) is 0 Å². The van der Waals surface area contributed by atoms with Crippen LogP contribution in [0.5, 0.6) is 5.75 Å². The van der Waals surface area contributed by atoms with Crippen molar-refractivity contribution in [3.63, 3.8) is 0 Å². The van der Waals surface area contributed by atoms with Crippen LogP contribution < -0.4 is 10.1 Å². The molecule has 0 aliphatic rings. The van der Waals surface area contributed by atoms with Gasteiger partial charge in [0, 0.05) is 11.6 Å². The Morgan fingerprint density at radius 1 is 1.45 bits per heavy atom. The summed E-state index contributed by atoms with van der Waals surface area (Å²) in [5.41, 5.74) is 0. The fourth-order valence-electron chi connectivity index (χ4n) is 1.74. The van der Waals surface area contributed by atoms with Gasteiger partial charge in [-0.25, -0.2) is 9.67 Å². The number of ether oxygens (including phenoxy) is 1. The third kappa shape index (κ3) is 4.61. The Morgan fingerprint density at radius 3 is 2.95 bits per heavy atom. The van der Waals surface area contributed by atoms with Gasteiger partial charge >= 0.3 is 0 Å². The molecule has 0 radical (unpaired) electrons. The van der Waals surface area contributed by atoms with Crippen molar-refractivity contribution in [1.82, 2.24) is 20.1 Å². The molecule has 0 saturated heterocycles. The number of halogens is 2. The molecular formula is C14H16Cl2N4O2. The van der Waals surface area contributed by atoms with E-state index in [2.05, 4.69) is 15.4 Å². The minimum absolute atomic E-state index is 0.116. The van der Waals surface area contributed by atoms with Crippen LogP contribution in [0, 0.1) is 0 Å². The minimum Gasteiger partial charge on any atom is -0.492 e. The van der Waals surface area contributed by atoms with E-state index >= 15 is 0 Å². The fourth-order valence-corrected chi connectivity index (χ4v) is 2.21. The molecule has 0 bridgehead atoms. The molecule has 2 aromatic rings. The first-order valence-corrected chi connectivity index (χ1v) is 7.53. The average Bonchev–Trinajstić information content (AvgIpc) is 3.02. The molecule has 2 rings (SSSR count). The summed E-state index contributed by atoms with van der Waals surface area (Å²) in [5, 5.41) is 7.78. The number of aromatic nitrogens is 3. The van der Waals surface area contributed by atoms with Crippen LogP contribution in [-0.2, 0) is 4.79 Å². The van der Waals surface area contributed by atoms with E-state index in [0.29, 0.717) is 35.4 Å². The lowest BCUT2D eigenvalue weighted by atomic mass is 10.3. The van der Waals surface area contributed by atoms with Crippen molar-refractivity contribution in [2.45, 2.75) is 19.4 Å². The second-order valence-electron chi connectivity index (χ2n) is 4.62. The van der Waals surface area contributed by atoms with E-state index in [4.69, 9.17) is 27.9 Å². The second kappa shape index (κ2) is 8.00. The van der Waals surface area contributed by atoms with Gasteiger partial charge in [0.25, 0.3) is 0 Å². The second-order valence-corrected chi connectivity index (χ2v) is 5.46. The third-order valence-electron chi connectivity index (χ3n) is 2.98. The van der Waals surface area contributed by atoms with Crippen molar-refractivity contribution in [3.05, 3.63) is 40.9 Å². The number of hydrogen-bond donors (Lipinski definition) is 1. The lowest BCUT2D eigenvalue weighted by Crippen LogP contribution is -2.32. The van der Waals surface area contributed by atoms with Crippen molar-refractivity contribution in [2.75, 3.05) is 13.2 Å². The Hall–Kier alpha value is -1.79. The molecular weight excluding hydrogens is 327 g/mol. The highest BCUT2D eigenvalue weighted by molar-refractivity contribution is 6.35. The van der Waals surface area contributed by atoms with Gasteiger partial charge < -0.3 is 10.1 Å². The standard InChI is InChI=1S/C14H16Cl2N4O2/c1-10(20-9-17-8-19-20)14(21)18-5-2-6-22-13-4-3-11(15)7-12(13)16/h3-4,7-10H,2,5-6H2,1H3,(H,18,21)/t10-/m1/s1. The van der Waals surface area contributed by atoms with Crippen molar-refractivity contribution in [1.29, 1.82) is 0 Å². The van der Waals surface area contributed by atoms with Gasteiger partial charge in [0.05, 0.1) is 11.6 Å². The molecule has 1 heterocycles. The first kappa shape index (κ1) is 16.6. The number of nitrogens with one attached hydrogen (secondary N) is 1. The summed E-state index contributed by atoms with van der Waals surface area (Å²) < 4.78 is 7.04. The van der Waals surface area contributed by atoms with Crippen molar-refractivity contribution >= 4 is 29.1 Å². The molecule has 8 heteroatoms. The average molecular weight is 343 g/mol. The molecule has 6 nitrogen and oxygen atoms in total. The zero-order chi connectivity index (χ0) is 15.9. The number of hydrogen-bond acceptors (Lipinski definition) is 4. The monoisotopic (exact) mass is 342 g/mol. The number of benzene rings is 1. The molecule has 1 aromatic carbocycles. The number of carbonyl (C=O) groups excluding carboxylic acids is 1. The lowest BCUT2D eigenvalue weighted by Gasteiger charge is -2.12. The molecule has 0 saturated carbocycles. The van der Waals surface area contributed by atoms with Crippen LogP contribution in [0.15, 0.2) is 30.9 Å². The van der Waals surface area contributed by atoms with Crippen LogP contribution in [0.1, 0.15) is 19.4 Å². The Balaban J connectivity index is 1.68. The zero-order valence-electron chi connectivity index (χ0n) is 12.0. The summed E-state index contributed by atoms with van der Waals surface area (Å²) in [7, 11) is 0. The van der Waals surface area contributed by atoms with Crippen molar-refractivity contribution in [2.24, 2.45) is 0 Å². The Kier molecular flexibility index (Phi) is 6.03. The van der Waals surface area contributed by atoms with E-state index in [-0.39, 0.29) is 5.91 Å². The van der Waals surface area contributed by atoms with E-state index in [1.54, 1.807) is 25.1 Å². The van der Waals surface area contributed by atoms with Crippen LogP contribution in [0.2, 0.25) is 10.0 Å². The molecule has 0 aliphatic heterocycles. The quantitative estimate of drug-likeness (QED) is 0.785. The maximum atomic E-state index is 11.9. The molecule has 0 spiro atoms. The Morgan fingerprint density at radius 2 is 2.27 bits per heavy atom. The number of nitrogens with zero attached hydrogens (tertiary/aromatic N) is 3. The highest BCUT2D eigenvalue weighted by Crippen LogP contribution is 2.27. The zero-order valence-corrected chi connectivity index (χ0v) is 13.5. The van der Waals surface area contributed by atoms with Gasteiger partial charge in [-0.3, -0.25) is 4.79 Å². The van der Waals surface area contributed by atoms with Crippen LogP contribution in [0.25, 0.3) is 0 Å². The van der Waals surface area contributed by atoms with Crippen molar-refractivity contribution < 1.29 is 9.53 Å². The maximum absolute atomic E-state index is 11.9. The lowest BCUT2D eigenvalue weighted by molar-refractivity contribution is -0.124. The first-order chi connectivity index (χ1) is 10.6. The minimum atomic E-state index is -0.394. The normalized spacial score (nSPS) is 12.0. The van der Waals surface area contributed by atoms with Crippen LogP contribution >= 0.6 is 23.2 Å². The van der Waals surface area contributed by atoms with E-state index in [1.807, 2.05) is 0 Å². The molecule has 1 N–H and O–H groups in total. The highest BCUT2D eigenvalue weighted by atomic mass is 35.5. The van der Waals surface area contributed by atoms with Gasteiger partial charge in [0.15, 0.2) is 0 Å². The van der Waals surface area contributed by atoms with Gasteiger partial charge in [0.2, 0.25) is 5.91 Å². The smallest absolute Gasteiger partial charge is 0.244 e. The molecule has 1 amide bonds. The molecule has 0 unspecified atom stereocenters. The van der Waals surface area contributed by atoms with Gasteiger partial charge in [0.1, 0.15) is 24.4 Å². The van der Waals surface area contributed by atoms with Crippen LogP contribution in [0.3, 0.4) is 0 Å². The molecule has 118 valence electrons. The molecule has 0 aliphatic carbocycles. The topological polar surface area (TPSA) is 69.0 Å². The highest BCUT2D eigenvalue weighted by Gasteiger charge is 2.14. The first-order valence-electron chi connectivity index (χ1n) is 6.77. The van der Waals surface area contributed by atoms with E-state index in [0.717, 1.165) is 0 Å². The van der Waals surface area contributed by atoms with Gasteiger partial charge in [-0.05, 0) is 31.5 Å². The third-order valence-corrected chi connectivity index (χ3v) is 3.52. The van der Waals surface area contributed by atoms with Gasteiger partial charge in [-0.1, -0.05) is 23.2 Å². The summed E-state index contributed by atoms with van der Waals surface area (Å²) in [6.45, 7) is 2.70. The number of rotatable bonds is 7. The SMILES string of the molecule is C[C@H](C(=O)NCCCOc1ccc(Cl)cc1Cl)n1cncn1. The predicted octanol–water partition coefficient (Wildman–Crippen LogP) is 2.73. The Bertz CT molecular complexity index is 619. The largest absolute Gasteiger partial charge is 0.492 e. The molecule has 1 aromatic heterocycles. The fraction of sp³-hybridized carbons (Fsp3) is 0.357. The Labute approximate surface area is 138 Å². The maximum Gasteiger partial charge on any atom is 0.244 e. The molecule has 22 heavy (non-hydrogen) atoms. The number of amides is 1. The summed E-state index contributed by atoms with van der Waals surface area (Å²) in [6.07, 6.45) is 3.57. The van der Waals surface area contributed by atoms with E-state index in [1.165, 1.54) is 17.3 Å². The van der Waals surface area contributed by atoms with Gasteiger partial charge in [-0.2, -0.15) is 5.10 Å². The summed E-state index contributed by atoms with van der Waals surface area (Å²) >= 11 is 11.8. The van der Waals surface area contributed by atoms with Crippen LogP contribution in [0.4, 0.5) is 0 Å². The molecule has 0 fully saturated rings. The number of carbonyl (C=O) groups is 1. The summed E-state index contributed by atoms with van der Waals surface area (Å²) in [4.78, 5) is 15.7. The summed E-state index contributed by atoms with van der Waals surface area (Å²) in [5.74, 6) is 0.461.